The monoisotopic (exact) mass is 316 g/mol. The van der Waals surface area contributed by atoms with Gasteiger partial charge in [-0.15, -0.1) is 0 Å². The Morgan fingerprint density at radius 3 is 3.13 bits per heavy atom. The first-order valence-electron chi connectivity index (χ1n) is 7.70. The van der Waals surface area contributed by atoms with Crippen molar-refractivity contribution in [1.29, 1.82) is 0 Å². The smallest absolute Gasteiger partial charge is 0.254 e. The van der Waals surface area contributed by atoms with Crippen LogP contribution in [-0.4, -0.2) is 51.0 Å². The largest absolute Gasteiger partial charge is 0.379 e. The molecule has 2 aromatic rings. The fourth-order valence-corrected chi connectivity index (χ4v) is 2.52. The Hall–Kier alpha value is -2.48. The summed E-state index contributed by atoms with van der Waals surface area (Å²) in [6, 6.07) is 1.72. The number of hydrogen-bond donors (Lipinski definition) is 2. The van der Waals surface area contributed by atoms with Crippen LogP contribution in [0.15, 0.2) is 31.0 Å². The van der Waals surface area contributed by atoms with Gasteiger partial charge in [0.2, 0.25) is 0 Å². The van der Waals surface area contributed by atoms with E-state index in [9.17, 15) is 4.79 Å². The highest BCUT2D eigenvalue weighted by molar-refractivity contribution is 5.93. The zero-order valence-corrected chi connectivity index (χ0v) is 13.0. The number of aromatic nitrogens is 4. The Balaban J connectivity index is 1.65. The molecule has 0 spiro atoms. The molecule has 122 valence electrons. The van der Waals surface area contributed by atoms with Gasteiger partial charge in [0.25, 0.3) is 5.91 Å². The van der Waals surface area contributed by atoms with Crippen molar-refractivity contribution in [2.45, 2.75) is 32.0 Å². The van der Waals surface area contributed by atoms with Crippen LogP contribution in [0.4, 0.5) is 5.82 Å². The van der Waals surface area contributed by atoms with Crippen molar-refractivity contribution in [3.05, 3.63) is 36.5 Å². The van der Waals surface area contributed by atoms with Gasteiger partial charge in [-0.3, -0.25) is 9.48 Å². The summed E-state index contributed by atoms with van der Waals surface area (Å²) in [5, 5.41) is 10.5. The molecule has 8 heteroatoms. The van der Waals surface area contributed by atoms with Gasteiger partial charge >= 0.3 is 0 Å². The topological polar surface area (TPSA) is 94.0 Å². The van der Waals surface area contributed by atoms with Crippen LogP contribution in [-0.2, 0) is 11.3 Å². The van der Waals surface area contributed by atoms with E-state index in [2.05, 4.69) is 25.7 Å². The summed E-state index contributed by atoms with van der Waals surface area (Å²) in [6.07, 6.45) is 7.24. The third-order valence-corrected chi connectivity index (χ3v) is 3.81. The van der Waals surface area contributed by atoms with Crippen molar-refractivity contribution in [2.75, 3.05) is 18.5 Å². The van der Waals surface area contributed by atoms with Crippen molar-refractivity contribution in [3.8, 4) is 0 Å². The Labute approximate surface area is 134 Å². The predicted octanol–water partition coefficient (Wildman–Crippen LogP) is 0.692. The molecule has 0 radical (unpaired) electrons. The molecular weight excluding hydrogens is 296 g/mol. The second kappa shape index (κ2) is 7.19. The molecule has 23 heavy (non-hydrogen) atoms. The second-order valence-corrected chi connectivity index (χ2v) is 5.37. The van der Waals surface area contributed by atoms with E-state index in [-0.39, 0.29) is 18.0 Å². The quantitative estimate of drug-likeness (QED) is 0.843. The maximum absolute atomic E-state index is 12.4. The minimum absolute atomic E-state index is 0.0313. The lowest BCUT2D eigenvalue weighted by Crippen LogP contribution is -2.52. The molecule has 0 bridgehead atoms. The molecule has 8 nitrogen and oxygen atoms in total. The average molecular weight is 316 g/mol. The molecule has 0 saturated carbocycles. The molecule has 3 rings (SSSR count). The first kappa shape index (κ1) is 15.4. The molecule has 3 heterocycles. The van der Waals surface area contributed by atoms with Gasteiger partial charge in [-0.05, 0) is 19.4 Å². The average Bonchev–Trinajstić information content (AvgIpc) is 3.07. The lowest BCUT2D eigenvalue weighted by molar-refractivity contribution is 0.0620. The van der Waals surface area contributed by atoms with Gasteiger partial charge in [0.15, 0.2) is 0 Å². The van der Waals surface area contributed by atoms with Gasteiger partial charge in [0.05, 0.1) is 30.5 Å². The first-order chi connectivity index (χ1) is 11.3. The number of nitrogens with zero attached hydrogens (tertiary/aromatic N) is 4. The minimum atomic E-state index is -0.119. The summed E-state index contributed by atoms with van der Waals surface area (Å²) in [5.74, 6) is 0.597. The fraction of sp³-hybridized carbons (Fsp3) is 0.467. The molecule has 1 amide bonds. The summed E-state index contributed by atoms with van der Waals surface area (Å²) < 4.78 is 7.25. The zero-order chi connectivity index (χ0) is 16.1. The van der Waals surface area contributed by atoms with Crippen LogP contribution in [0.5, 0.6) is 0 Å². The minimum Gasteiger partial charge on any atom is -0.379 e. The van der Waals surface area contributed by atoms with Gasteiger partial charge in [-0.25, -0.2) is 9.97 Å². The van der Waals surface area contributed by atoms with E-state index in [0.29, 0.717) is 24.6 Å². The summed E-state index contributed by atoms with van der Waals surface area (Å²) in [7, 11) is 0. The summed E-state index contributed by atoms with van der Waals surface area (Å²) in [5.41, 5.74) is 0.569. The summed E-state index contributed by atoms with van der Waals surface area (Å²) in [6.45, 7) is 3.86. The van der Waals surface area contributed by atoms with Crippen LogP contribution in [0.3, 0.4) is 0 Å². The van der Waals surface area contributed by atoms with E-state index < -0.39 is 0 Å². The number of ether oxygens (including phenoxy) is 1. The van der Waals surface area contributed by atoms with E-state index in [1.165, 1.54) is 6.33 Å². The number of hydrogen-bond acceptors (Lipinski definition) is 6. The molecule has 2 atom stereocenters. The van der Waals surface area contributed by atoms with E-state index in [1.54, 1.807) is 29.3 Å². The summed E-state index contributed by atoms with van der Waals surface area (Å²) in [4.78, 5) is 20.4. The van der Waals surface area contributed by atoms with Gasteiger partial charge in [-0.2, -0.15) is 5.10 Å². The van der Waals surface area contributed by atoms with Crippen LogP contribution in [0.25, 0.3) is 0 Å². The highest BCUT2D eigenvalue weighted by atomic mass is 16.5. The Morgan fingerprint density at radius 1 is 1.48 bits per heavy atom. The van der Waals surface area contributed by atoms with E-state index >= 15 is 0 Å². The molecule has 0 aliphatic carbocycles. The molecule has 0 unspecified atom stereocenters. The first-order valence-corrected chi connectivity index (χ1v) is 7.70. The Morgan fingerprint density at radius 2 is 2.39 bits per heavy atom. The molecule has 1 saturated heterocycles. The van der Waals surface area contributed by atoms with Gasteiger partial charge in [0, 0.05) is 25.5 Å². The molecule has 1 fully saturated rings. The molecule has 1 aliphatic rings. The van der Waals surface area contributed by atoms with E-state index in [4.69, 9.17) is 4.74 Å². The SMILES string of the molecule is CCn1cc(C(=O)N[C@H]2CCOC[C@H]2Nc2ccncn2)cn1. The fourth-order valence-electron chi connectivity index (χ4n) is 2.52. The van der Waals surface area contributed by atoms with Crippen LogP contribution in [0.2, 0.25) is 0 Å². The van der Waals surface area contributed by atoms with Crippen molar-refractivity contribution in [2.24, 2.45) is 0 Å². The number of nitrogens with one attached hydrogen (secondary N) is 2. The van der Waals surface area contributed by atoms with Crippen LogP contribution in [0, 0.1) is 0 Å². The molecule has 1 aliphatic heterocycles. The third kappa shape index (κ3) is 3.84. The molecule has 0 aromatic carbocycles. The molecule has 2 N–H and O–H groups in total. The molecular formula is C15H20N6O2. The van der Waals surface area contributed by atoms with Crippen LogP contribution in [0.1, 0.15) is 23.7 Å². The second-order valence-electron chi connectivity index (χ2n) is 5.37. The van der Waals surface area contributed by atoms with Crippen molar-refractivity contribution in [3.63, 3.8) is 0 Å². The van der Waals surface area contributed by atoms with Gasteiger partial charge in [-0.1, -0.05) is 0 Å². The highest BCUT2D eigenvalue weighted by Gasteiger charge is 2.28. The van der Waals surface area contributed by atoms with Gasteiger partial charge < -0.3 is 15.4 Å². The van der Waals surface area contributed by atoms with E-state index in [1.807, 2.05) is 6.92 Å². The van der Waals surface area contributed by atoms with Crippen LogP contribution >= 0.6 is 0 Å². The predicted molar refractivity (Wildman–Crippen MR) is 84.0 cm³/mol. The van der Waals surface area contributed by atoms with E-state index in [0.717, 1.165) is 13.0 Å². The molecule has 2 aromatic heterocycles. The van der Waals surface area contributed by atoms with Crippen molar-refractivity contribution in [1.82, 2.24) is 25.1 Å². The number of carbonyl (C=O) groups is 1. The highest BCUT2D eigenvalue weighted by Crippen LogP contribution is 2.13. The lowest BCUT2D eigenvalue weighted by Gasteiger charge is -2.32. The Bertz CT molecular complexity index is 644. The number of rotatable bonds is 5. The van der Waals surface area contributed by atoms with Crippen LogP contribution < -0.4 is 10.6 Å². The number of carbonyl (C=O) groups excluding carboxylic acids is 1. The standard InChI is InChI=1S/C15H20N6O2/c1-2-21-8-11(7-18-21)15(22)20-12-4-6-23-9-13(12)19-14-3-5-16-10-17-14/h3,5,7-8,10,12-13H,2,4,6,9H2,1H3,(H,20,22)(H,16,17,19)/t12-,13+/m0/s1. The maximum atomic E-state index is 12.4. The maximum Gasteiger partial charge on any atom is 0.254 e. The third-order valence-electron chi connectivity index (χ3n) is 3.81. The van der Waals surface area contributed by atoms with Crippen molar-refractivity contribution >= 4 is 11.7 Å². The number of aryl methyl sites for hydroxylation is 1. The van der Waals surface area contributed by atoms with Gasteiger partial charge in [0.1, 0.15) is 12.1 Å². The summed E-state index contributed by atoms with van der Waals surface area (Å²) >= 11 is 0. The van der Waals surface area contributed by atoms with Crippen molar-refractivity contribution < 1.29 is 9.53 Å². The lowest BCUT2D eigenvalue weighted by atomic mass is 10.0. The zero-order valence-electron chi connectivity index (χ0n) is 13.0. The number of amides is 1. The number of anilines is 1. The Kier molecular flexibility index (Phi) is 4.82. The normalized spacial score (nSPS) is 20.9.